The number of aromatic nitrogens is 5. The summed E-state index contributed by atoms with van der Waals surface area (Å²) in [4.78, 5) is 17.4. The Morgan fingerprint density at radius 1 is 1.12 bits per heavy atom. The number of nitrogens with zero attached hydrogens (tertiary/aromatic N) is 6. The van der Waals surface area contributed by atoms with Gasteiger partial charge in [-0.3, -0.25) is 0 Å². The fraction of sp³-hybridized carbons (Fsp3) is 0.280. The minimum Gasteiger partial charge on any atom is -0.339 e. The van der Waals surface area contributed by atoms with Crippen LogP contribution in [0.25, 0.3) is 32.5 Å². The summed E-state index contributed by atoms with van der Waals surface area (Å²) in [5.74, 6) is 1.50. The topological polar surface area (TPSA) is 71.8 Å². The highest BCUT2D eigenvalue weighted by molar-refractivity contribution is 7.13. The van der Waals surface area contributed by atoms with E-state index in [2.05, 4.69) is 91.9 Å². The van der Waals surface area contributed by atoms with Gasteiger partial charge in [0.1, 0.15) is 12.1 Å². The second-order valence-corrected chi connectivity index (χ2v) is 9.96. The number of hydrogen-bond acceptors (Lipinski definition) is 7. The Morgan fingerprint density at radius 2 is 2.00 bits per heavy atom. The summed E-state index contributed by atoms with van der Waals surface area (Å²) in [5, 5.41) is 12.3. The first kappa shape index (κ1) is 20.3. The molecule has 1 N–H and O–H groups in total. The number of hydrogen-bond donors (Lipinski definition) is 1. The van der Waals surface area contributed by atoms with Crippen LogP contribution >= 0.6 is 11.3 Å². The van der Waals surface area contributed by atoms with Crippen molar-refractivity contribution in [1.82, 2.24) is 29.6 Å². The Kier molecular flexibility index (Phi) is 5.04. The molecule has 0 unspecified atom stereocenters. The van der Waals surface area contributed by atoms with E-state index in [0.717, 1.165) is 64.4 Å². The van der Waals surface area contributed by atoms with Crippen LogP contribution in [-0.2, 0) is 0 Å². The number of rotatable bonds is 6. The zero-order chi connectivity index (χ0) is 22.4. The first-order valence-corrected chi connectivity index (χ1v) is 12.1. The normalized spacial score (nSPS) is 18.2. The van der Waals surface area contributed by atoms with Gasteiger partial charge in [0.05, 0.1) is 33.7 Å². The molecule has 0 spiro atoms. The first-order chi connectivity index (χ1) is 16.1. The average molecular weight is 456 g/mol. The summed E-state index contributed by atoms with van der Waals surface area (Å²) in [7, 11) is 4.26. The van der Waals surface area contributed by atoms with Gasteiger partial charge in [-0.25, -0.2) is 19.6 Å². The Bertz CT molecular complexity index is 1420. The van der Waals surface area contributed by atoms with Crippen LogP contribution in [0.2, 0.25) is 0 Å². The second-order valence-electron chi connectivity index (χ2n) is 9.01. The molecule has 33 heavy (non-hydrogen) atoms. The van der Waals surface area contributed by atoms with E-state index in [1.165, 1.54) is 4.88 Å². The molecule has 1 fully saturated rings. The first-order valence-electron chi connectivity index (χ1n) is 11.2. The molecule has 7 nitrogen and oxygen atoms in total. The highest BCUT2D eigenvalue weighted by Gasteiger charge is 2.32. The van der Waals surface area contributed by atoms with Crippen molar-refractivity contribution in [1.29, 1.82) is 0 Å². The average Bonchev–Trinajstić information content (AvgIpc) is 3.46. The van der Waals surface area contributed by atoms with E-state index in [1.54, 1.807) is 17.7 Å². The molecule has 4 heterocycles. The fourth-order valence-corrected chi connectivity index (χ4v) is 5.38. The summed E-state index contributed by atoms with van der Waals surface area (Å²) in [6, 6.07) is 15.0. The molecule has 6 rings (SSSR count). The largest absolute Gasteiger partial charge is 0.339 e. The van der Waals surface area contributed by atoms with Gasteiger partial charge in [0.2, 0.25) is 0 Å². The van der Waals surface area contributed by atoms with Crippen LogP contribution in [0.3, 0.4) is 0 Å². The van der Waals surface area contributed by atoms with Crippen LogP contribution in [0.15, 0.2) is 60.4 Å². The predicted molar refractivity (Wildman–Crippen MR) is 134 cm³/mol. The molecule has 0 bridgehead atoms. The van der Waals surface area contributed by atoms with Gasteiger partial charge in [-0.05, 0) is 62.5 Å². The molecule has 1 aromatic carbocycles. The minimum atomic E-state index is 0.413. The molecule has 1 saturated carbocycles. The molecule has 166 valence electrons. The lowest BCUT2D eigenvalue weighted by atomic mass is 9.80. The van der Waals surface area contributed by atoms with Gasteiger partial charge in [0.25, 0.3) is 0 Å². The lowest BCUT2D eigenvalue weighted by Gasteiger charge is -2.37. The monoisotopic (exact) mass is 455 g/mol. The van der Waals surface area contributed by atoms with Gasteiger partial charge in [-0.2, -0.15) is 5.10 Å². The number of thiophene rings is 1. The van der Waals surface area contributed by atoms with E-state index >= 15 is 0 Å². The Morgan fingerprint density at radius 3 is 2.82 bits per heavy atom. The van der Waals surface area contributed by atoms with Crippen molar-refractivity contribution < 1.29 is 0 Å². The standard InChI is InChI=1S/C25H25N7S/c1-31(2)14-16-10-19(11-16)32-25-20(13-28-32)24(26-15-27-25)29-18-7-5-17-6-8-21(30-22(17)12-18)23-4-3-9-33-23/h3-9,12-13,15-16,19H,10-11,14H2,1-2H3,(H,26,27,29). The maximum Gasteiger partial charge on any atom is 0.163 e. The molecule has 0 radical (unpaired) electrons. The SMILES string of the molecule is CN(C)CC1CC(n2ncc3c(Nc4ccc5ccc(-c6cccs6)nc5c4)ncnc32)C1. The second kappa shape index (κ2) is 8.20. The third-order valence-electron chi connectivity index (χ3n) is 6.30. The van der Waals surface area contributed by atoms with Crippen molar-refractivity contribution in [2.24, 2.45) is 5.92 Å². The van der Waals surface area contributed by atoms with E-state index in [4.69, 9.17) is 4.98 Å². The highest BCUT2D eigenvalue weighted by atomic mass is 32.1. The molecule has 0 amide bonds. The van der Waals surface area contributed by atoms with Crippen LogP contribution in [0.4, 0.5) is 11.5 Å². The fourth-order valence-electron chi connectivity index (χ4n) is 4.69. The Hall–Kier alpha value is -3.36. The van der Waals surface area contributed by atoms with E-state index < -0.39 is 0 Å². The van der Waals surface area contributed by atoms with E-state index in [1.807, 2.05) is 6.20 Å². The summed E-state index contributed by atoms with van der Waals surface area (Å²) in [5.41, 5.74) is 3.78. The lowest BCUT2D eigenvalue weighted by Crippen LogP contribution is -2.34. The van der Waals surface area contributed by atoms with Gasteiger partial charge in [0, 0.05) is 17.6 Å². The third kappa shape index (κ3) is 3.85. The maximum atomic E-state index is 4.87. The molecular weight excluding hydrogens is 430 g/mol. The number of anilines is 2. The molecule has 1 aliphatic carbocycles. The van der Waals surface area contributed by atoms with Crippen molar-refractivity contribution >= 4 is 44.8 Å². The van der Waals surface area contributed by atoms with Crippen molar-refractivity contribution in [3.8, 4) is 10.6 Å². The van der Waals surface area contributed by atoms with Crippen molar-refractivity contribution in [3.63, 3.8) is 0 Å². The number of benzene rings is 1. The van der Waals surface area contributed by atoms with Crippen LogP contribution in [0.5, 0.6) is 0 Å². The van der Waals surface area contributed by atoms with Crippen molar-refractivity contribution in [2.75, 3.05) is 26.0 Å². The third-order valence-corrected chi connectivity index (χ3v) is 7.19. The summed E-state index contributed by atoms with van der Waals surface area (Å²) >= 11 is 1.70. The van der Waals surface area contributed by atoms with Gasteiger partial charge >= 0.3 is 0 Å². The molecule has 1 aliphatic rings. The van der Waals surface area contributed by atoms with Crippen molar-refractivity contribution in [3.05, 3.63) is 60.4 Å². The number of pyridine rings is 1. The quantitative estimate of drug-likeness (QED) is 0.372. The molecule has 4 aromatic heterocycles. The molecular formula is C25H25N7S. The van der Waals surface area contributed by atoms with Gasteiger partial charge in [0.15, 0.2) is 5.65 Å². The number of fused-ring (bicyclic) bond motifs is 2. The Labute approximate surface area is 196 Å². The zero-order valence-corrected chi connectivity index (χ0v) is 19.5. The maximum absolute atomic E-state index is 4.87. The van der Waals surface area contributed by atoms with E-state index in [0.29, 0.717) is 6.04 Å². The molecule has 5 aromatic rings. The zero-order valence-electron chi connectivity index (χ0n) is 18.6. The lowest BCUT2D eigenvalue weighted by molar-refractivity contribution is 0.149. The van der Waals surface area contributed by atoms with E-state index in [-0.39, 0.29) is 0 Å². The summed E-state index contributed by atoms with van der Waals surface area (Å²) in [6.45, 7) is 1.13. The van der Waals surface area contributed by atoms with Crippen molar-refractivity contribution in [2.45, 2.75) is 18.9 Å². The molecule has 0 atom stereocenters. The van der Waals surface area contributed by atoms with E-state index in [9.17, 15) is 0 Å². The van der Waals surface area contributed by atoms with Gasteiger partial charge in [-0.1, -0.05) is 18.2 Å². The summed E-state index contributed by atoms with van der Waals surface area (Å²) < 4.78 is 2.07. The van der Waals surface area contributed by atoms with Crippen LogP contribution in [0, 0.1) is 5.92 Å². The summed E-state index contributed by atoms with van der Waals surface area (Å²) in [6.07, 6.45) is 5.79. The highest BCUT2D eigenvalue weighted by Crippen LogP contribution is 2.39. The van der Waals surface area contributed by atoms with Crippen LogP contribution in [0.1, 0.15) is 18.9 Å². The Balaban J connectivity index is 1.27. The van der Waals surface area contributed by atoms with Gasteiger partial charge in [-0.15, -0.1) is 11.3 Å². The molecule has 8 heteroatoms. The molecule has 0 aliphatic heterocycles. The molecule has 0 saturated heterocycles. The van der Waals surface area contributed by atoms with Crippen LogP contribution in [-0.4, -0.2) is 50.3 Å². The minimum absolute atomic E-state index is 0.413. The van der Waals surface area contributed by atoms with Crippen LogP contribution < -0.4 is 5.32 Å². The number of nitrogens with one attached hydrogen (secondary N) is 1. The van der Waals surface area contributed by atoms with Gasteiger partial charge < -0.3 is 10.2 Å². The smallest absolute Gasteiger partial charge is 0.163 e. The predicted octanol–water partition coefficient (Wildman–Crippen LogP) is 5.36.